The SMILES string of the molecule is CC/C=C(\C(C)CC)C(C)C(C)=C(C)C. The molecule has 0 spiro atoms. The second kappa shape index (κ2) is 6.87. The zero-order valence-electron chi connectivity index (χ0n) is 11.6. The van der Waals surface area contributed by atoms with Gasteiger partial charge in [0.15, 0.2) is 0 Å². The lowest BCUT2D eigenvalue weighted by Crippen LogP contribution is -2.10. The van der Waals surface area contributed by atoms with E-state index in [2.05, 4.69) is 54.5 Å². The summed E-state index contributed by atoms with van der Waals surface area (Å²) in [5.74, 6) is 1.33. The van der Waals surface area contributed by atoms with E-state index >= 15 is 0 Å². The molecule has 0 heteroatoms. The summed E-state index contributed by atoms with van der Waals surface area (Å²) in [6.07, 6.45) is 4.82. The highest BCUT2D eigenvalue weighted by Crippen LogP contribution is 2.29. The van der Waals surface area contributed by atoms with Crippen molar-refractivity contribution in [2.45, 2.75) is 61.3 Å². The van der Waals surface area contributed by atoms with E-state index < -0.39 is 0 Å². The van der Waals surface area contributed by atoms with Crippen LogP contribution < -0.4 is 0 Å². The van der Waals surface area contributed by atoms with Gasteiger partial charge in [0.05, 0.1) is 0 Å². The Balaban J connectivity index is 4.96. The van der Waals surface area contributed by atoms with Gasteiger partial charge in [-0.1, -0.05) is 50.5 Å². The van der Waals surface area contributed by atoms with Gasteiger partial charge in [-0.3, -0.25) is 0 Å². The van der Waals surface area contributed by atoms with Crippen molar-refractivity contribution in [1.82, 2.24) is 0 Å². The molecule has 0 N–H and O–H groups in total. The standard InChI is InChI=1S/C15H28/c1-8-10-15(12(5)9-2)14(7)13(6)11(3)4/h10,12,14H,8-9H2,1-7H3/b15-10+. The zero-order valence-corrected chi connectivity index (χ0v) is 11.6. The van der Waals surface area contributed by atoms with E-state index in [1.54, 1.807) is 5.57 Å². The van der Waals surface area contributed by atoms with Crippen LogP contribution in [0.3, 0.4) is 0 Å². The van der Waals surface area contributed by atoms with Gasteiger partial charge in [0.1, 0.15) is 0 Å². The second-order valence-corrected chi connectivity index (χ2v) is 4.83. The van der Waals surface area contributed by atoms with Crippen LogP contribution in [0.4, 0.5) is 0 Å². The number of allylic oxidation sites excluding steroid dienone is 4. The van der Waals surface area contributed by atoms with Crippen LogP contribution in [0.2, 0.25) is 0 Å². The lowest BCUT2D eigenvalue weighted by atomic mass is 9.82. The Kier molecular flexibility index (Phi) is 6.63. The molecule has 0 nitrogen and oxygen atoms in total. The number of hydrogen-bond donors (Lipinski definition) is 0. The fraction of sp³-hybridized carbons (Fsp3) is 0.733. The lowest BCUT2D eigenvalue weighted by Gasteiger charge is -2.23. The average Bonchev–Trinajstić information content (AvgIpc) is 2.22. The average molecular weight is 208 g/mol. The highest BCUT2D eigenvalue weighted by atomic mass is 14.2. The third kappa shape index (κ3) is 4.24. The van der Waals surface area contributed by atoms with Crippen molar-refractivity contribution in [2.24, 2.45) is 11.8 Å². The molecule has 0 aliphatic carbocycles. The fourth-order valence-electron chi connectivity index (χ4n) is 1.96. The predicted octanol–water partition coefficient (Wildman–Crippen LogP) is 5.36. The van der Waals surface area contributed by atoms with E-state index in [4.69, 9.17) is 0 Å². The first kappa shape index (κ1) is 14.5. The Labute approximate surface area is 96.5 Å². The summed E-state index contributed by atoms with van der Waals surface area (Å²) in [6, 6.07) is 0. The summed E-state index contributed by atoms with van der Waals surface area (Å²) in [6.45, 7) is 15.9. The molecule has 0 saturated heterocycles. The first-order valence-corrected chi connectivity index (χ1v) is 6.29. The van der Waals surface area contributed by atoms with Crippen LogP contribution in [-0.4, -0.2) is 0 Å². The highest BCUT2D eigenvalue weighted by molar-refractivity contribution is 5.23. The van der Waals surface area contributed by atoms with Crippen LogP contribution in [0.5, 0.6) is 0 Å². The van der Waals surface area contributed by atoms with Crippen LogP contribution in [-0.2, 0) is 0 Å². The largest absolute Gasteiger partial charge is 0.0847 e. The van der Waals surface area contributed by atoms with Gasteiger partial charge in [-0.05, 0) is 45.4 Å². The molecule has 0 aliphatic heterocycles. The molecule has 0 saturated carbocycles. The summed E-state index contributed by atoms with van der Waals surface area (Å²) in [5.41, 5.74) is 4.63. The minimum atomic E-state index is 0.616. The van der Waals surface area contributed by atoms with Crippen molar-refractivity contribution in [1.29, 1.82) is 0 Å². The van der Waals surface area contributed by atoms with Crippen LogP contribution >= 0.6 is 0 Å². The van der Waals surface area contributed by atoms with Crippen LogP contribution in [0.15, 0.2) is 22.8 Å². The van der Waals surface area contributed by atoms with Crippen molar-refractivity contribution in [3.63, 3.8) is 0 Å². The van der Waals surface area contributed by atoms with Gasteiger partial charge >= 0.3 is 0 Å². The van der Waals surface area contributed by atoms with Gasteiger partial charge in [-0.2, -0.15) is 0 Å². The van der Waals surface area contributed by atoms with E-state index in [9.17, 15) is 0 Å². The minimum absolute atomic E-state index is 0.616. The minimum Gasteiger partial charge on any atom is -0.0847 e. The normalized spacial score (nSPS) is 16.1. The molecule has 0 radical (unpaired) electrons. The maximum absolute atomic E-state index is 2.42. The Morgan fingerprint density at radius 2 is 1.60 bits per heavy atom. The van der Waals surface area contributed by atoms with Gasteiger partial charge in [0.2, 0.25) is 0 Å². The fourth-order valence-corrected chi connectivity index (χ4v) is 1.96. The molecular weight excluding hydrogens is 180 g/mol. The molecular formula is C15H28. The molecule has 0 fully saturated rings. The van der Waals surface area contributed by atoms with Crippen molar-refractivity contribution < 1.29 is 0 Å². The second-order valence-electron chi connectivity index (χ2n) is 4.83. The maximum Gasteiger partial charge on any atom is -0.00191 e. The summed E-state index contributed by atoms with van der Waals surface area (Å²) >= 11 is 0. The van der Waals surface area contributed by atoms with E-state index in [0.29, 0.717) is 11.8 Å². The van der Waals surface area contributed by atoms with E-state index in [-0.39, 0.29) is 0 Å². The van der Waals surface area contributed by atoms with Gasteiger partial charge < -0.3 is 0 Å². The molecule has 15 heavy (non-hydrogen) atoms. The quantitative estimate of drug-likeness (QED) is 0.533. The molecule has 0 heterocycles. The smallest absolute Gasteiger partial charge is 0.00191 e. The molecule has 0 aliphatic rings. The molecule has 0 aromatic heterocycles. The molecule has 0 aromatic carbocycles. The third-order valence-corrected chi connectivity index (χ3v) is 3.56. The van der Waals surface area contributed by atoms with Crippen molar-refractivity contribution in [3.8, 4) is 0 Å². The molecule has 2 unspecified atom stereocenters. The third-order valence-electron chi connectivity index (χ3n) is 3.56. The Hall–Kier alpha value is -0.520. The summed E-state index contributed by atoms with van der Waals surface area (Å²) < 4.78 is 0. The topological polar surface area (TPSA) is 0 Å². The van der Waals surface area contributed by atoms with Crippen molar-refractivity contribution in [2.75, 3.05) is 0 Å². The van der Waals surface area contributed by atoms with E-state index in [0.717, 1.165) is 6.42 Å². The van der Waals surface area contributed by atoms with Crippen LogP contribution in [0.25, 0.3) is 0 Å². The van der Waals surface area contributed by atoms with Crippen molar-refractivity contribution >= 4 is 0 Å². The molecule has 0 amide bonds. The molecule has 2 atom stereocenters. The highest BCUT2D eigenvalue weighted by Gasteiger charge is 2.15. The molecule has 0 bridgehead atoms. The lowest BCUT2D eigenvalue weighted by molar-refractivity contribution is 0.574. The Morgan fingerprint density at radius 3 is 1.93 bits per heavy atom. The maximum atomic E-state index is 2.42. The van der Waals surface area contributed by atoms with E-state index in [1.807, 2.05) is 0 Å². The number of hydrogen-bond acceptors (Lipinski definition) is 0. The summed E-state index contributed by atoms with van der Waals surface area (Å²) in [7, 11) is 0. The first-order chi connectivity index (χ1) is 6.95. The predicted molar refractivity (Wildman–Crippen MR) is 71.0 cm³/mol. The van der Waals surface area contributed by atoms with Gasteiger partial charge in [0.25, 0.3) is 0 Å². The van der Waals surface area contributed by atoms with Gasteiger partial charge in [0, 0.05) is 0 Å². The monoisotopic (exact) mass is 208 g/mol. The van der Waals surface area contributed by atoms with Crippen molar-refractivity contribution in [3.05, 3.63) is 22.8 Å². The van der Waals surface area contributed by atoms with Gasteiger partial charge in [-0.25, -0.2) is 0 Å². The van der Waals surface area contributed by atoms with Crippen LogP contribution in [0.1, 0.15) is 61.3 Å². The van der Waals surface area contributed by atoms with Gasteiger partial charge in [-0.15, -0.1) is 0 Å². The Morgan fingerprint density at radius 1 is 1.07 bits per heavy atom. The Bertz CT molecular complexity index is 239. The molecule has 0 aromatic rings. The number of rotatable bonds is 5. The first-order valence-electron chi connectivity index (χ1n) is 6.29. The molecule has 88 valence electrons. The molecule has 0 rings (SSSR count). The zero-order chi connectivity index (χ0) is 12.0. The van der Waals surface area contributed by atoms with Crippen LogP contribution in [0, 0.1) is 11.8 Å². The summed E-state index contributed by atoms with van der Waals surface area (Å²) in [5, 5.41) is 0. The van der Waals surface area contributed by atoms with E-state index in [1.165, 1.54) is 17.6 Å². The summed E-state index contributed by atoms with van der Waals surface area (Å²) in [4.78, 5) is 0.